The molecule has 2 bridgehead atoms. The van der Waals surface area contributed by atoms with Gasteiger partial charge in [-0.3, -0.25) is 19.3 Å². The minimum absolute atomic E-state index is 0.267. The van der Waals surface area contributed by atoms with Crippen molar-refractivity contribution >= 4 is 23.4 Å². The topological polar surface area (TPSA) is 97.0 Å². The van der Waals surface area contributed by atoms with Crippen LogP contribution in [-0.2, 0) is 25.7 Å². The van der Waals surface area contributed by atoms with Crippen molar-refractivity contribution in [3.05, 3.63) is 71.8 Å². The third-order valence-corrected chi connectivity index (χ3v) is 9.60. The Morgan fingerprint density at radius 3 is 2.28 bits per heavy atom. The van der Waals surface area contributed by atoms with Gasteiger partial charge in [-0.05, 0) is 81.8 Å². The molecule has 2 aromatic rings. The number of fused-ring (bicyclic) bond motifs is 1. The summed E-state index contributed by atoms with van der Waals surface area (Å²) in [5.74, 6) is -1.21. The number of hydrogen-bond donors (Lipinski definition) is 2. The Kier molecular flexibility index (Phi) is 7.40. The zero-order chi connectivity index (χ0) is 30.6. The van der Waals surface area contributed by atoms with Crippen LogP contribution in [0.25, 0.3) is 0 Å². The molecule has 0 radical (unpaired) electrons. The number of anilines is 1. The summed E-state index contributed by atoms with van der Waals surface area (Å²) in [6.45, 7) is 7.88. The van der Waals surface area contributed by atoms with Crippen molar-refractivity contribution < 1.29 is 23.9 Å². The van der Waals surface area contributed by atoms with E-state index in [9.17, 15) is 14.4 Å². The fourth-order valence-electron chi connectivity index (χ4n) is 7.64. The van der Waals surface area contributed by atoms with Crippen molar-refractivity contribution in [3.63, 3.8) is 0 Å². The number of carbonyl (C=O) groups is 3. The SMILES string of the molecule is COc1ccc(CNC(=O)[C@H]2[C@H]3C(=O)N(c4ccc(C5CCCCC5)cc4)[C@H](C(=O)NC(C)(C)C)[C@@]34C=C[C@]2(C)O4)cc1. The second-order valence-electron chi connectivity index (χ2n) is 13.8. The maximum atomic E-state index is 14.5. The summed E-state index contributed by atoms with van der Waals surface area (Å²) in [5.41, 5.74) is 0.0285. The van der Waals surface area contributed by atoms with Gasteiger partial charge in [-0.25, -0.2) is 0 Å². The van der Waals surface area contributed by atoms with Gasteiger partial charge in [0.2, 0.25) is 17.7 Å². The number of ether oxygens (including phenoxy) is 2. The predicted molar refractivity (Wildman–Crippen MR) is 165 cm³/mol. The molecule has 0 aromatic heterocycles. The monoisotopic (exact) mass is 585 g/mol. The van der Waals surface area contributed by atoms with Crippen LogP contribution in [-0.4, -0.2) is 47.6 Å². The average Bonchev–Trinajstić information content (AvgIpc) is 3.56. The number of methoxy groups -OCH3 is 1. The fraction of sp³-hybridized carbons (Fsp3) is 0.514. The van der Waals surface area contributed by atoms with Crippen LogP contribution < -0.4 is 20.3 Å². The molecule has 1 saturated carbocycles. The van der Waals surface area contributed by atoms with Gasteiger partial charge in [0, 0.05) is 17.8 Å². The molecule has 3 amide bonds. The Balaban J connectivity index is 1.32. The maximum Gasteiger partial charge on any atom is 0.246 e. The number of nitrogens with one attached hydrogen (secondary N) is 2. The number of hydrogen-bond acceptors (Lipinski definition) is 5. The fourth-order valence-corrected chi connectivity index (χ4v) is 7.64. The first-order valence-corrected chi connectivity index (χ1v) is 15.5. The van der Waals surface area contributed by atoms with Gasteiger partial charge in [0.25, 0.3) is 0 Å². The molecule has 8 heteroatoms. The van der Waals surface area contributed by atoms with Crippen LogP contribution in [0.4, 0.5) is 5.69 Å². The molecule has 43 heavy (non-hydrogen) atoms. The van der Waals surface area contributed by atoms with Gasteiger partial charge in [0.1, 0.15) is 17.4 Å². The van der Waals surface area contributed by atoms with E-state index >= 15 is 0 Å². The molecule has 3 aliphatic heterocycles. The summed E-state index contributed by atoms with van der Waals surface area (Å²) in [5, 5.41) is 6.12. The van der Waals surface area contributed by atoms with E-state index in [4.69, 9.17) is 9.47 Å². The summed E-state index contributed by atoms with van der Waals surface area (Å²) in [7, 11) is 1.61. The van der Waals surface area contributed by atoms with E-state index in [2.05, 4.69) is 22.8 Å². The van der Waals surface area contributed by atoms with Gasteiger partial charge in [-0.2, -0.15) is 0 Å². The van der Waals surface area contributed by atoms with Gasteiger partial charge in [0.15, 0.2) is 0 Å². The van der Waals surface area contributed by atoms with Gasteiger partial charge < -0.3 is 20.1 Å². The van der Waals surface area contributed by atoms with Crippen molar-refractivity contribution in [3.8, 4) is 5.75 Å². The largest absolute Gasteiger partial charge is 0.497 e. The molecule has 4 aliphatic rings. The van der Waals surface area contributed by atoms with E-state index < -0.39 is 34.6 Å². The van der Waals surface area contributed by atoms with E-state index in [1.807, 2.05) is 76.2 Å². The lowest BCUT2D eigenvalue weighted by Crippen LogP contribution is -2.58. The number of amides is 3. The normalized spacial score (nSPS) is 29.9. The quantitative estimate of drug-likeness (QED) is 0.445. The molecule has 5 atom stereocenters. The first-order valence-electron chi connectivity index (χ1n) is 15.5. The van der Waals surface area contributed by atoms with Gasteiger partial charge in [-0.1, -0.05) is 55.7 Å². The maximum absolute atomic E-state index is 14.5. The summed E-state index contributed by atoms with van der Waals surface area (Å²) >= 11 is 0. The Bertz CT molecular complexity index is 1420. The van der Waals surface area contributed by atoms with Crippen molar-refractivity contribution in [1.29, 1.82) is 0 Å². The molecule has 1 spiro atoms. The van der Waals surface area contributed by atoms with Crippen LogP contribution in [0, 0.1) is 11.8 Å². The van der Waals surface area contributed by atoms with E-state index in [-0.39, 0.29) is 17.7 Å². The minimum Gasteiger partial charge on any atom is -0.497 e. The van der Waals surface area contributed by atoms with E-state index in [1.54, 1.807) is 12.0 Å². The molecule has 3 heterocycles. The molecular formula is C35H43N3O5. The molecule has 0 unspecified atom stereocenters. The molecule has 228 valence electrons. The lowest BCUT2D eigenvalue weighted by Gasteiger charge is -2.35. The summed E-state index contributed by atoms with van der Waals surface area (Å²) < 4.78 is 11.9. The number of rotatable bonds is 7. The van der Waals surface area contributed by atoms with Crippen molar-refractivity contribution in [2.24, 2.45) is 11.8 Å². The molecule has 8 nitrogen and oxygen atoms in total. The van der Waals surface area contributed by atoms with Crippen LogP contribution in [0.15, 0.2) is 60.7 Å². The molecular weight excluding hydrogens is 542 g/mol. The molecule has 2 N–H and O–H groups in total. The first-order chi connectivity index (χ1) is 20.5. The van der Waals surface area contributed by atoms with Gasteiger partial charge >= 0.3 is 0 Å². The van der Waals surface area contributed by atoms with Crippen LogP contribution in [0.2, 0.25) is 0 Å². The Hall–Kier alpha value is -3.65. The smallest absolute Gasteiger partial charge is 0.246 e. The number of benzene rings is 2. The van der Waals surface area contributed by atoms with E-state index in [0.717, 1.165) is 11.3 Å². The third kappa shape index (κ3) is 5.13. The number of nitrogens with zero attached hydrogens (tertiary/aromatic N) is 1. The highest BCUT2D eigenvalue weighted by atomic mass is 16.5. The summed E-state index contributed by atoms with van der Waals surface area (Å²) in [6, 6.07) is 14.6. The second kappa shape index (κ2) is 10.8. The van der Waals surface area contributed by atoms with Crippen molar-refractivity contribution in [1.82, 2.24) is 10.6 Å². The first kappa shape index (κ1) is 29.4. The minimum atomic E-state index is -1.26. The highest BCUT2D eigenvalue weighted by molar-refractivity contribution is 6.10. The highest BCUT2D eigenvalue weighted by Crippen LogP contribution is 2.60. The van der Waals surface area contributed by atoms with E-state index in [1.165, 1.54) is 37.7 Å². The standard InChI is InChI=1S/C35H43N3O5/c1-33(2,3)37-31(40)29-35-20-19-34(4,43-35)27(30(39)36-21-22-11-17-26(42-5)18-12-22)28(35)32(41)38(29)25-15-13-24(14-16-25)23-9-7-6-8-10-23/h11-20,23,27-29H,6-10,21H2,1-5H3,(H,36,39)(H,37,40)/t27-,28+,29-,34+,35-/m1/s1. The van der Waals surface area contributed by atoms with Gasteiger partial charge in [-0.15, -0.1) is 0 Å². The van der Waals surface area contributed by atoms with Crippen LogP contribution in [0.3, 0.4) is 0 Å². The van der Waals surface area contributed by atoms with Gasteiger partial charge in [0.05, 0.1) is 24.5 Å². The summed E-state index contributed by atoms with van der Waals surface area (Å²) in [6.07, 6.45) is 9.82. The molecule has 1 aliphatic carbocycles. The van der Waals surface area contributed by atoms with Crippen molar-refractivity contribution in [2.75, 3.05) is 12.0 Å². The van der Waals surface area contributed by atoms with Crippen LogP contribution >= 0.6 is 0 Å². The third-order valence-electron chi connectivity index (χ3n) is 9.60. The Labute approximate surface area is 254 Å². The highest BCUT2D eigenvalue weighted by Gasteiger charge is 2.76. The van der Waals surface area contributed by atoms with Crippen molar-refractivity contribution in [2.45, 2.75) is 95.0 Å². The Morgan fingerprint density at radius 2 is 1.65 bits per heavy atom. The lowest BCUT2D eigenvalue weighted by molar-refractivity contribution is -0.134. The number of carbonyl (C=O) groups excluding carboxylic acids is 3. The predicted octanol–water partition coefficient (Wildman–Crippen LogP) is 5.02. The van der Waals surface area contributed by atoms with E-state index in [0.29, 0.717) is 18.2 Å². The van der Waals surface area contributed by atoms with Crippen LogP contribution in [0.5, 0.6) is 5.75 Å². The second-order valence-corrected chi connectivity index (χ2v) is 13.8. The zero-order valence-electron chi connectivity index (χ0n) is 25.8. The average molecular weight is 586 g/mol. The zero-order valence-corrected chi connectivity index (χ0v) is 25.8. The lowest BCUT2D eigenvalue weighted by atomic mass is 9.70. The molecule has 2 aromatic carbocycles. The van der Waals surface area contributed by atoms with Crippen LogP contribution in [0.1, 0.15) is 76.8 Å². The summed E-state index contributed by atoms with van der Waals surface area (Å²) in [4.78, 5) is 44.0. The molecule has 3 fully saturated rings. The molecule has 6 rings (SSSR count). The Morgan fingerprint density at radius 1 is 0.977 bits per heavy atom. The molecule has 2 saturated heterocycles.